The molecule has 2 atom stereocenters. The molecule has 0 fully saturated rings. The van der Waals surface area contributed by atoms with Crippen LogP contribution < -0.4 is 0 Å². The Hall–Kier alpha value is -4.32. The first-order valence-electron chi connectivity index (χ1n) is 11.4. The van der Waals surface area contributed by atoms with Gasteiger partial charge in [-0.25, -0.2) is 4.79 Å². The van der Waals surface area contributed by atoms with Crippen molar-refractivity contribution in [1.29, 1.82) is 0 Å². The highest BCUT2D eigenvalue weighted by atomic mass is 16.5. The van der Waals surface area contributed by atoms with Gasteiger partial charge in [-0.3, -0.25) is 14.6 Å². The van der Waals surface area contributed by atoms with E-state index in [1.807, 2.05) is 38.1 Å². The first-order chi connectivity index (χ1) is 16.9. The normalized spacial score (nSPS) is 18.9. The van der Waals surface area contributed by atoms with Crippen LogP contribution in [0.25, 0.3) is 5.69 Å². The molecule has 0 unspecified atom stereocenters. The molecule has 35 heavy (non-hydrogen) atoms. The monoisotopic (exact) mass is 464 g/mol. The summed E-state index contributed by atoms with van der Waals surface area (Å²) in [6.07, 6.45) is 7.17. The smallest absolute Gasteiger partial charge is 0.337 e. The summed E-state index contributed by atoms with van der Waals surface area (Å²) in [5.41, 5.74) is 6.00. The van der Waals surface area contributed by atoms with Crippen LogP contribution in [0.2, 0.25) is 0 Å². The van der Waals surface area contributed by atoms with E-state index < -0.39 is 11.8 Å². The number of aliphatic imine (C=N–C) groups is 1. The number of ketones is 2. The first kappa shape index (κ1) is 22.5. The van der Waals surface area contributed by atoms with E-state index >= 15 is 0 Å². The third-order valence-corrected chi connectivity index (χ3v) is 6.64. The van der Waals surface area contributed by atoms with Gasteiger partial charge in [-0.15, -0.1) is 0 Å². The van der Waals surface area contributed by atoms with Crippen LogP contribution in [0.3, 0.4) is 0 Å². The average Bonchev–Trinajstić information content (AvgIpc) is 3.18. The Labute approximate surface area is 203 Å². The summed E-state index contributed by atoms with van der Waals surface area (Å²) in [4.78, 5) is 42.3. The number of carbonyl (C=O) groups excluding carboxylic acids is 3. The van der Waals surface area contributed by atoms with Crippen LogP contribution in [0, 0.1) is 25.7 Å². The molecule has 5 rings (SSSR count). The van der Waals surface area contributed by atoms with Crippen molar-refractivity contribution in [2.75, 3.05) is 7.11 Å². The minimum absolute atomic E-state index is 0.0255. The number of hydrogen-bond donors (Lipinski definition) is 0. The van der Waals surface area contributed by atoms with Crippen molar-refractivity contribution in [3.8, 4) is 5.69 Å². The highest BCUT2D eigenvalue weighted by Gasteiger charge is 2.40. The number of Topliss-reactive ketones (excluding diaryl/α,β-unsaturated/α-hetero) is 2. The highest BCUT2D eigenvalue weighted by Crippen LogP contribution is 2.35. The predicted molar refractivity (Wildman–Crippen MR) is 133 cm³/mol. The topological polar surface area (TPSA) is 77.7 Å². The zero-order valence-electron chi connectivity index (χ0n) is 19.7. The van der Waals surface area contributed by atoms with Crippen molar-refractivity contribution in [2.24, 2.45) is 16.8 Å². The molecule has 0 spiro atoms. The number of ether oxygens (including phenoxy) is 1. The number of allylic oxidation sites excluding steroid dienone is 3. The van der Waals surface area contributed by atoms with E-state index in [9.17, 15) is 14.4 Å². The van der Waals surface area contributed by atoms with Crippen molar-refractivity contribution in [2.45, 2.75) is 13.8 Å². The molecule has 0 N–H and O–H groups in total. The van der Waals surface area contributed by atoms with Crippen LogP contribution in [0.4, 0.5) is 0 Å². The second-order valence-electron chi connectivity index (χ2n) is 8.73. The number of benzene rings is 2. The molecule has 2 aromatic carbocycles. The number of esters is 1. The van der Waals surface area contributed by atoms with Crippen LogP contribution in [0.1, 0.15) is 48.0 Å². The molecule has 0 saturated heterocycles. The van der Waals surface area contributed by atoms with Crippen molar-refractivity contribution in [3.63, 3.8) is 0 Å². The van der Waals surface area contributed by atoms with E-state index in [-0.39, 0.29) is 17.5 Å². The Morgan fingerprint density at radius 1 is 0.971 bits per heavy atom. The maximum atomic E-state index is 13.0. The van der Waals surface area contributed by atoms with E-state index in [0.717, 1.165) is 22.6 Å². The molecule has 0 aliphatic heterocycles. The SMILES string of the molecule is COC(=O)c1ccc(-n2c(C)cc(C=NC3=C[C@H]4C(=O)c5ccccc5C(=O)[C@H]4C=C3)c2C)cc1. The largest absolute Gasteiger partial charge is 0.465 e. The van der Waals surface area contributed by atoms with E-state index in [2.05, 4.69) is 9.56 Å². The molecule has 3 aromatic rings. The molecule has 0 bridgehead atoms. The summed E-state index contributed by atoms with van der Waals surface area (Å²) in [6, 6.07) is 16.3. The molecular weight excluding hydrogens is 440 g/mol. The minimum atomic E-state index is -0.532. The number of nitrogens with zero attached hydrogens (tertiary/aromatic N) is 2. The zero-order chi connectivity index (χ0) is 24.7. The van der Waals surface area contributed by atoms with E-state index in [1.54, 1.807) is 54.8 Å². The second-order valence-corrected chi connectivity index (χ2v) is 8.73. The molecule has 174 valence electrons. The summed E-state index contributed by atoms with van der Waals surface area (Å²) in [5, 5.41) is 0. The van der Waals surface area contributed by atoms with Crippen LogP contribution in [0.5, 0.6) is 0 Å². The van der Waals surface area contributed by atoms with Gasteiger partial charge in [0.1, 0.15) is 0 Å². The van der Waals surface area contributed by atoms with Gasteiger partial charge >= 0.3 is 5.97 Å². The summed E-state index contributed by atoms with van der Waals surface area (Å²) in [5.74, 6) is -1.45. The van der Waals surface area contributed by atoms with Gasteiger partial charge in [0, 0.05) is 40.0 Å². The van der Waals surface area contributed by atoms with Gasteiger partial charge in [0.15, 0.2) is 11.6 Å². The van der Waals surface area contributed by atoms with Crippen LogP contribution in [-0.2, 0) is 4.74 Å². The van der Waals surface area contributed by atoms with Crippen LogP contribution >= 0.6 is 0 Å². The molecule has 0 saturated carbocycles. The lowest BCUT2D eigenvalue weighted by Crippen LogP contribution is -2.35. The van der Waals surface area contributed by atoms with Crippen LogP contribution in [0.15, 0.2) is 83.5 Å². The van der Waals surface area contributed by atoms with E-state index in [4.69, 9.17) is 4.74 Å². The Bertz CT molecular complexity index is 1450. The number of methoxy groups -OCH3 is 1. The number of aryl methyl sites for hydroxylation is 1. The standard InChI is InChI=1S/C29H24N2O4/c1-17-14-20(18(2)31(17)22-11-8-19(9-12-22)29(34)35-3)16-30-21-10-13-25-26(15-21)28(33)24-7-5-4-6-23(24)27(25)32/h4-16,25-26H,1-3H3/t25-,26+/m0/s1. The molecule has 0 radical (unpaired) electrons. The molecule has 1 heterocycles. The lowest BCUT2D eigenvalue weighted by atomic mass is 9.72. The average molecular weight is 465 g/mol. The van der Waals surface area contributed by atoms with Crippen LogP contribution in [-0.4, -0.2) is 35.4 Å². The third kappa shape index (κ3) is 3.87. The summed E-state index contributed by atoms with van der Waals surface area (Å²) < 4.78 is 6.86. The van der Waals surface area contributed by atoms with E-state index in [0.29, 0.717) is 22.4 Å². The van der Waals surface area contributed by atoms with Gasteiger partial charge in [-0.2, -0.15) is 0 Å². The number of aromatic nitrogens is 1. The van der Waals surface area contributed by atoms with Crippen molar-refractivity contribution in [1.82, 2.24) is 4.57 Å². The maximum absolute atomic E-state index is 13.0. The fourth-order valence-corrected chi connectivity index (χ4v) is 4.84. The first-order valence-corrected chi connectivity index (χ1v) is 11.4. The van der Waals surface area contributed by atoms with Gasteiger partial charge in [-0.1, -0.05) is 30.3 Å². The van der Waals surface area contributed by atoms with Crippen molar-refractivity contribution in [3.05, 3.63) is 112 Å². The summed E-state index contributed by atoms with van der Waals surface area (Å²) in [7, 11) is 1.36. The molecular formula is C29H24N2O4. The van der Waals surface area contributed by atoms with Crippen molar-refractivity contribution < 1.29 is 19.1 Å². The predicted octanol–water partition coefficient (Wildman–Crippen LogP) is 5.06. The summed E-state index contributed by atoms with van der Waals surface area (Å²) >= 11 is 0. The minimum Gasteiger partial charge on any atom is -0.465 e. The molecule has 6 nitrogen and oxygen atoms in total. The third-order valence-electron chi connectivity index (χ3n) is 6.64. The molecule has 6 heteroatoms. The maximum Gasteiger partial charge on any atom is 0.337 e. The lowest BCUT2D eigenvalue weighted by molar-refractivity contribution is 0.0600. The molecule has 1 aromatic heterocycles. The molecule has 0 amide bonds. The zero-order valence-corrected chi connectivity index (χ0v) is 19.7. The Morgan fingerprint density at radius 3 is 2.29 bits per heavy atom. The van der Waals surface area contributed by atoms with Gasteiger partial charge in [-0.05, 0) is 56.3 Å². The quantitative estimate of drug-likeness (QED) is 0.399. The Balaban J connectivity index is 1.41. The second kappa shape index (κ2) is 8.80. The highest BCUT2D eigenvalue weighted by molar-refractivity contribution is 6.17. The van der Waals surface area contributed by atoms with Gasteiger partial charge < -0.3 is 9.30 Å². The van der Waals surface area contributed by atoms with Crippen molar-refractivity contribution >= 4 is 23.8 Å². The molecule has 2 aliphatic rings. The van der Waals surface area contributed by atoms with E-state index in [1.165, 1.54) is 7.11 Å². The summed E-state index contributed by atoms with van der Waals surface area (Å²) in [6.45, 7) is 4.01. The molecule has 2 aliphatic carbocycles. The fourth-order valence-electron chi connectivity index (χ4n) is 4.84. The van der Waals surface area contributed by atoms with Gasteiger partial charge in [0.2, 0.25) is 0 Å². The number of rotatable bonds is 4. The number of hydrogen-bond acceptors (Lipinski definition) is 5. The van der Waals surface area contributed by atoms with Gasteiger partial charge in [0.25, 0.3) is 0 Å². The number of fused-ring (bicyclic) bond motifs is 2. The fraction of sp³-hybridized carbons (Fsp3) is 0.172. The Morgan fingerprint density at radius 2 is 1.63 bits per heavy atom. The van der Waals surface area contributed by atoms with Gasteiger partial charge in [0.05, 0.1) is 30.2 Å². The lowest BCUT2D eigenvalue weighted by Gasteiger charge is -2.28. The Kier molecular flexibility index (Phi) is 5.65. The number of carbonyl (C=O) groups is 3.